The summed E-state index contributed by atoms with van der Waals surface area (Å²) in [6.07, 6.45) is 8.81. The van der Waals surface area contributed by atoms with Gasteiger partial charge in [0.15, 0.2) is 14.7 Å². The maximum atomic E-state index is 12.7. The molecule has 0 spiro atoms. The van der Waals surface area contributed by atoms with Crippen molar-refractivity contribution in [3.8, 4) is 0 Å². The highest BCUT2D eigenvalue weighted by molar-refractivity contribution is 7.95. The van der Waals surface area contributed by atoms with Gasteiger partial charge in [-0.15, -0.1) is 0 Å². The van der Waals surface area contributed by atoms with Gasteiger partial charge in [-0.05, 0) is 36.3 Å². The summed E-state index contributed by atoms with van der Waals surface area (Å²) in [5.74, 6) is -0.799. The lowest BCUT2D eigenvalue weighted by atomic mass is 9.76. The van der Waals surface area contributed by atoms with Gasteiger partial charge in [0.05, 0.1) is 19.8 Å². The van der Waals surface area contributed by atoms with Crippen LogP contribution in [0.4, 0.5) is 0 Å². The van der Waals surface area contributed by atoms with E-state index in [4.69, 9.17) is 4.74 Å². The molecule has 0 heterocycles. The van der Waals surface area contributed by atoms with Crippen LogP contribution in [0.5, 0.6) is 0 Å². The summed E-state index contributed by atoms with van der Waals surface area (Å²) in [7, 11) is -3.80. The first-order valence-corrected chi connectivity index (χ1v) is 12.7. The first-order valence-electron chi connectivity index (χ1n) is 10.8. The number of unbranched alkanes of at least 4 members (excludes halogenated alkanes) is 4. The van der Waals surface area contributed by atoms with Crippen molar-refractivity contribution in [2.45, 2.75) is 65.7 Å². The average Bonchev–Trinajstić information content (AvgIpc) is 2.62. The molecule has 0 amide bonds. The molecule has 0 aromatic carbocycles. The SMILES string of the molecule is CCCCCCCOC(=O)C(=C1C=C(N(CCO)CCO)CC(C)(C)C1)S(C)(=O)=O. The van der Waals surface area contributed by atoms with Crippen molar-refractivity contribution < 1.29 is 28.2 Å². The van der Waals surface area contributed by atoms with Gasteiger partial charge in [-0.25, -0.2) is 13.2 Å². The van der Waals surface area contributed by atoms with Gasteiger partial charge < -0.3 is 19.8 Å². The van der Waals surface area contributed by atoms with E-state index in [1.54, 1.807) is 6.08 Å². The number of allylic oxidation sites excluding steroid dienone is 3. The highest BCUT2D eigenvalue weighted by Crippen LogP contribution is 2.41. The Labute approximate surface area is 181 Å². The summed E-state index contributed by atoms with van der Waals surface area (Å²) >= 11 is 0. The van der Waals surface area contributed by atoms with Gasteiger partial charge >= 0.3 is 5.97 Å². The molecule has 0 unspecified atom stereocenters. The highest BCUT2D eigenvalue weighted by atomic mass is 32.2. The molecule has 30 heavy (non-hydrogen) atoms. The van der Waals surface area contributed by atoms with Crippen LogP contribution in [0.1, 0.15) is 65.7 Å². The molecule has 0 atom stereocenters. The topological polar surface area (TPSA) is 104 Å². The fourth-order valence-electron chi connectivity index (χ4n) is 3.82. The van der Waals surface area contributed by atoms with E-state index >= 15 is 0 Å². The van der Waals surface area contributed by atoms with E-state index < -0.39 is 15.8 Å². The second kappa shape index (κ2) is 12.5. The number of carbonyl (C=O) groups excluding carboxylic acids is 1. The Morgan fingerprint density at radius 3 is 2.23 bits per heavy atom. The Balaban J connectivity index is 3.19. The molecule has 0 radical (unpaired) electrons. The number of nitrogens with zero attached hydrogens (tertiary/aromatic N) is 1. The molecule has 0 aliphatic heterocycles. The summed E-state index contributed by atoms with van der Waals surface area (Å²) in [6.45, 7) is 6.82. The fourth-order valence-corrected chi connectivity index (χ4v) is 4.79. The smallest absolute Gasteiger partial charge is 0.350 e. The van der Waals surface area contributed by atoms with E-state index in [1.807, 2.05) is 18.7 Å². The Morgan fingerprint density at radius 1 is 1.10 bits per heavy atom. The highest BCUT2D eigenvalue weighted by Gasteiger charge is 2.34. The number of hydrogen-bond acceptors (Lipinski definition) is 7. The minimum atomic E-state index is -3.80. The van der Waals surface area contributed by atoms with E-state index in [0.717, 1.165) is 37.6 Å². The molecule has 1 aliphatic rings. The normalized spacial score (nSPS) is 18.0. The maximum absolute atomic E-state index is 12.7. The predicted molar refractivity (Wildman–Crippen MR) is 118 cm³/mol. The van der Waals surface area contributed by atoms with Gasteiger partial charge in [-0.3, -0.25) is 0 Å². The zero-order chi connectivity index (χ0) is 22.8. The molecule has 0 saturated carbocycles. The van der Waals surface area contributed by atoms with Crippen LogP contribution in [-0.2, 0) is 19.4 Å². The Morgan fingerprint density at radius 2 is 1.70 bits per heavy atom. The second-order valence-electron chi connectivity index (χ2n) is 8.76. The van der Waals surface area contributed by atoms with Gasteiger partial charge in [0.1, 0.15) is 0 Å². The zero-order valence-electron chi connectivity index (χ0n) is 18.9. The molecule has 0 fully saturated rings. The molecule has 174 valence electrons. The monoisotopic (exact) mass is 445 g/mol. The number of ether oxygens (including phenoxy) is 1. The van der Waals surface area contributed by atoms with Crippen LogP contribution >= 0.6 is 0 Å². The number of aliphatic hydroxyl groups is 2. The summed E-state index contributed by atoms with van der Waals surface area (Å²) in [6, 6.07) is 0. The van der Waals surface area contributed by atoms with E-state index in [2.05, 4.69) is 6.92 Å². The zero-order valence-corrected chi connectivity index (χ0v) is 19.8. The van der Waals surface area contributed by atoms with Crippen LogP contribution in [0.15, 0.2) is 22.3 Å². The van der Waals surface area contributed by atoms with Crippen molar-refractivity contribution in [2.75, 3.05) is 39.2 Å². The van der Waals surface area contributed by atoms with Crippen LogP contribution in [0.3, 0.4) is 0 Å². The number of rotatable bonds is 13. The lowest BCUT2D eigenvalue weighted by molar-refractivity contribution is -0.138. The number of aliphatic hydroxyl groups excluding tert-OH is 2. The minimum absolute atomic E-state index is 0.0875. The van der Waals surface area contributed by atoms with Crippen molar-refractivity contribution in [3.63, 3.8) is 0 Å². The molecule has 1 rings (SSSR count). The van der Waals surface area contributed by atoms with Crippen molar-refractivity contribution in [1.29, 1.82) is 0 Å². The van der Waals surface area contributed by atoms with Crippen LogP contribution < -0.4 is 0 Å². The van der Waals surface area contributed by atoms with Crippen LogP contribution in [0.25, 0.3) is 0 Å². The average molecular weight is 446 g/mol. The third kappa shape index (κ3) is 8.78. The van der Waals surface area contributed by atoms with Crippen molar-refractivity contribution >= 4 is 15.8 Å². The quantitative estimate of drug-likeness (QED) is 0.255. The third-order valence-electron chi connectivity index (χ3n) is 5.14. The lowest BCUT2D eigenvalue weighted by Crippen LogP contribution is -2.34. The number of esters is 1. The largest absolute Gasteiger partial charge is 0.462 e. The summed E-state index contributed by atoms with van der Waals surface area (Å²) in [5, 5.41) is 18.7. The number of hydrogen-bond donors (Lipinski definition) is 2. The Hall–Kier alpha value is -1.38. The van der Waals surface area contributed by atoms with Gasteiger partial charge in [-0.1, -0.05) is 46.5 Å². The number of sulfone groups is 1. The van der Waals surface area contributed by atoms with Crippen LogP contribution in [0.2, 0.25) is 0 Å². The van der Waals surface area contributed by atoms with Crippen LogP contribution in [0, 0.1) is 5.41 Å². The summed E-state index contributed by atoms with van der Waals surface area (Å²) < 4.78 is 30.3. The molecule has 8 heteroatoms. The predicted octanol–water partition coefficient (Wildman–Crippen LogP) is 2.79. The third-order valence-corrected chi connectivity index (χ3v) is 6.31. The summed E-state index contributed by atoms with van der Waals surface area (Å²) in [4.78, 5) is 14.3. The first-order chi connectivity index (χ1) is 14.1. The molecular formula is C22H39NO6S. The molecule has 0 aromatic heterocycles. The molecule has 0 bridgehead atoms. The van der Waals surface area contributed by atoms with Gasteiger partial charge in [0.2, 0.25) is 0 Å². The molecule has 2 N–H and O–H groups in total. The summed E-state index contributed by atoms with van der Waals surface area (Å²) in [5.41, 5.74) is 0.956. The number of carbonyl (C=O) groups is 1. The fraction of sp³-hybridized carbons (Fsp3) is 0.773. The van der Waals surface area contributed by atoms with Crippen LogP contribution in [-0.4, -0.2) is 68.7 Å². The van der Waals surface area contributed by atoms with E-state index in [1.165, 1.54) is 0 Å². The van der Waals surface area contributed by atoms with Gasteiger partial charge in [0, 0.05) is 25.0 Å². The van der Waals surface area contributed by atoms with Crippen molar-refractivity contribution in [2.24, 2.45) is 5.41 Å². The standard InChI is InChI=1S/C22H39NO6S/c1-5-6-7-8-9-14-29-21(26)20(30(4,27)28)18-15-19(17-22(2,3)16-18)23(10-12-24)11-13-25/h15,24-25H,5-14,16-17H2,1-4H3. The molecule has 0 aromatic rings. The molecular weight excluding hydrogens is 406 g/mol. The maximum Gasteiger partial charge on any atom is 0.350 e. The molecule has 1 aliphatic carbocycles. The Kier molecular flexibility index (Phi) is 11.1. The first kappa shape index (κ1) is 26.7. The van der Waals surface area contributed by atoms with E-state index in [9.17, 15) is 23.4 Å². The van der Waals surface area contributed by atoms with E-state index in [0.29, 0.717) is 37.9 Å². The van der Waals surface area contributed by atoms with E-state index in [-0.39, 0.29) is 30.1 Å². The van der Waals surface area contributed by atoms with Crippen molar-refractivity contribution in [1.82, 2.24) is 4.90 Å². The molecule has 7 nitrogen and oxygen atoms in total. The van der Waals surface area contributed by atoms with Gasteiger partial charge in [0.25, 0.3) is 0 Å². The minimum Gasteiger partial charge on any atom is -0.462 e. The lowest BCUT2D eigenvalue weighted by Gasteiger charge is -2.37. The Bertz CT molecular complexity index is 718. The molecule has 0 saturated heterocycles. The second-order valence-corrected chi connectivity index (χ2v) is 10.7. The van der Waals surface area contributed by atoms with Gasteiger partial charge in [-0.2, -0.15) is 0 Å². The van der Waals surface area contributed by atoms with Crippen molar-refractivity contribution in [3.05, 3.63) is 22.3 Å².